The number of nitrogens with zero attached hydrogens (tertiary/aromatic N) is 5. The second-order valence-corrected chi connectivity index (χ2v) is 5.71. The van der Waals surface area contributed by atoms with Gasteiger partial charge in [0.25, 0.3) is 0 Å². The van der Waals surface area contributed by atoms with E-state index in [1.165, 1.54) is 0 Å². The molecule has 0 aliphatic rings. The minimum Gasteiger partial charge on any atom is -0.338 e. The SMILES string of the molecule is Clc1ccc2nc(-c3cc4ccccc4n4nnnc34)[nH]c2c1. The first-order valence-electron chi connectivity index (χ1n) is 7.05. The third-order valence-corrected chi connectivity index (χ3v) is 4.11. The normalized spacial score (nSPS) is 11.7. The smallest absolute Gasteiger partial charge is 0.190 e. The van der Waals surface area contributed by atoms with Crippen LogP contribution in [-0.4, -0.2) is 30.0 Å². The molecule has 0 unspecified atom stereocenters. The number of aromatic nitrogens is 6. The van der Waals surface area contributed by atoms with E-state index < -0.39 is 0 Å². The summed E-state index contributed by atoms with van der Waals surface area (Å²) in [6.07, 6.45) is 0. The molecule has 0 bridgehead atoms. The van der Waals surface area contributed by atoms with Gasteiger partial charge in [-0.15, -0.1) is 5.10 Å². The predicted molar refractivity (Wildman–Crippen MR) is 88.4 cm³/mol. The Kier molecular flexibility index (Phi) is 2.46. The van der Waals surface area contributed by atoms with E-state index in [0.29, 0.717) is 16.5 Å². The third-order valence-electron chi connectivity index (χ3n) is 3.87. The molecule has 5 rings (SSSR count). The van der Waals surface area contributed by atoms with E-state index in [2.05, 4.69) is 25.5 Å². The molecule has 0 aliphatic heterocycles. The van der Waals surface area contributed by atoms with Gasteiger partial charge in [0.2, 0.25) is 0 Å². The van der Waals surface area contributed by atoms with E-state index in [9.17, 15) is 0 Å². The lowest BCUT2D eigenvalue weighted by atomic mass is 10.1. The number of hydrogen-bond donors (Lipinski definition) is 1. The van der Waals surface area contributed by atoms with Crippen molar-refractivity contribution < 1.29 is 0 Å². The van der Waals surface area contributed by atoms with Crippen LogP contribution in [0.5, 0.6) is 0 Å². The van der Waals surface area contributed by atoms with Crippen LogP contribution in [0.3, 0.4) is 0 Å². The van der Waals surface area contributed by atoms with Crippen LogP contribution in [0, 0.1) is 0 Å². The molecule has 5 aromatic rings. The fourth-order valence-corrected chi connectivity index (χ4v) is 3.00. The summed E-state index contributed by atoms with van der Waals surface area (Å²) < 4.78 is 1.73. The first kappa shape index (κ1) is 12.5. The summed E-state index contributed by atoms with van der Waals surface area (Å²) in [5, 5.41) is 13.8. The molecule has 0 aliphatic carbocycles. The Balaban J connectivity index is 1.87. The van der Waals surface area contributed by atoms with Crippen LogP contribution in [0.1, 0.15) is 0 Å². The summed E-state index contributed by atoms with van der Waals surface area (Å²) in [5.74, 6) is 0.716. The van der Waals surface area contributed by atoms with Gasteiger partial charge in [-0.1, -0.05) is 29.8 Å². The monoisotopic (exact) mass is 320 g/mol. The van der Waals surface area contributed by atoms with Gasteiger partial charge < -0.3 is 4.98 Å². The Bertz CT molecular complexity index is 1190. The third kappa shape index (κ3) is 1.82. The van der Waals surface area contributed by atoms with Gasteiger partial charge in [0, 0.05) is 10.4 Å². The lowest BCUT2D eigenvalue weighted by molar-refractivity contribution is 0.842. The van der Waals surface area contributed by atoms with Gasteiger partial charge in [0.05, 0.1) is 22.1 Å². The zero-order valence-electron chi connectivity index (χ0n) is 11.7. The molecule has 23 heavy (non-hydrogen) atoms. The molecule has 0 amide bonds. The lowest BCUT2D eigenvalue weighted by Crippen LogP contribution is -1.94. The quantitative estimate of drug-likeness (QED) is 0.513. The topological polar surface area (TPSA) is 71.8 Å². The van der Waals surface area contributed by atoms with Crippen molar-refractivity contribution in [3.8, 4) is 11.4 Å². The zero-order chi connectivity index (χ0) is 15.4. The number of aromatic amines is 1. The average molecular weight is 321 g/mol. The van der Waals surface area contributed by atoms with Gasteiger partial charge in [0.1, 0.15) is 5.82 Å². The second kappa shape index (κ2) is 4.50. The highest BCUT2D eigenvalue weighted by Crippen LogP contribution is 2.28. The first-order valence-corrected chi connectivity index (χ1v) is 7.43. The van der Waals surface area contributed by atoms with Crippen molar-refractivity contribution in [2.24, 2.45) is 0 Å². The molecule has 110 valence electrons. The number of halogens is 1. The molecule has 7 heteroatoms. The molecule has 3 aromatic heterocycles. The van der Waals surface area contributed by atoms with Crippen LogP contribution in [0.2, 0.25) is 5.02 Å². The number of tetrazole rings is 1. The van der Waals surface area contributed by atoms with Crippen molar-refractivity contribution in [3.63, 3.8) is 0 Å². The van der Waals surface area contributed by atoms with Crippen molar-refractivity contribution in [1.29, 1.82) is 0 Å². The Morgan fingerprint density at radius 1 is 1.04 bits per heavy atom. The van der Waals surface area contributed by atoms with E-state index in [1.54, 1.807) is 4.52 Å². The Morgan fingerprint density at radius 3 is 2.91 bits per heavy atom. The first-order chi connectivity index (χ1) is 11.3. The number of para-hydroxylation sites is 1. The van der Waals surface area contributed by atoms with Crippen LogP contribution in [0.25, 0.3) is 39.0 Å². The van der Waals surface area contributed by atoms with E-state index in [1.807, 2.05) is 48.5 Å². The van der Waals surface area contributed by atoms with Gasteiger partial charge >= 0.3 is 0 Å². The van der Waals surface area contributed by atoms with Crippen molar-refractivity contribution in [3.05, 3.63) is 53.6 Å². The van der Waals surface area contributed by atoms with E-state index in [0.717, 1.165) is 27.5 Å². The molecular weight excluding hydrogens is 312 g/mol. The lowest BCUT2D eigenvalue weighted by Gasteiger charge is -2.03. The number of H-pyrrole nitrogens is 1. The number of nitrogens with one attached hydrogen (secondary N) is 1. The zero-order valence-corrected chi connectivity index (χ0v) is 12.5. The molecular formula is C16H9ClN6. The summed E-state index contributed by atoms with van der Waals surface area (Å²) in [7, 11) is 0. The Labute approximate surface area is 134 Å². The standard InChI is InChI=1S/C16H9ClN6/c17-10-5-6-12-13(8-10)19-15(18-12)11-7-9-3-1-2-4-14(9)23-16(11)20-21-22-23/h1-8H,(H,18,19). The number of fused-ring (bicyclic) bond motifs is 4. The van der Waals surface area contributed by atoms with Gasteiger partial charge in [-0.2, -0.15) is 4.52 Å². The number of rotatable bonds is 1. The molecule has 0 saturated heterocycles. The number of hydrogen-bond acceptors (Lipinski definition) is 4. The van der Waals surface area contributed by atoms with Crippen molar-refractivity contribution in [2.75, 3.05) is 0 Å². The predicted octanol–water partition coefficient (Wildman–Crippen LogP) is 3.47. The molecule has 0 atom stereocenters. The largest absolute Gasteiger partial charge is 0.338 e. The molecule has 1 N–H and O–H groups in total. The van der Waals surface area contributed by atoms with Gasteiger partial charge in [0.15, 0.2) is 5.65 Å². The van der Waals surface area contributed by atoms with Crippen molar-refractivity contribution >= 4 is 39.2 Å². The van der Waals surface area contributed by atoms with Gasteiger partial charge in [-0.05, 0) is 40.8 Å². The minimum atomic E-state index is 0.661. The fourth-order valence-electron chi connectivity index (χ4n) is 2.82. The second-order valence-electron chi connectivity index (χ2n) is 5.28. The highest BCUT2D eigenvalue weighted by molar-refractivity contribution is 6.31. The minimum absolute atomic E-state index is 0.661. The van der Waals surface area contributed by atoms with E-state index in [4.69, 9.17) is 11.6 Å². The summed E-state index contributed by atoms with van der Waals surface area (Å²) in [6.45, 7) is 0. The van der Waals surface area contributed by atoms with Gasteiger partial charge in [-0.25, -0.2) is 4.98 Å². The van der Waals surface area contributed by atoms with Crippen molar-refractivity contribution in [2.45, 2.75) is 0 Å². The summed E-state index contributed by atoms with van der Waals surface area (Å²) in [4.78, 5) is 7.93. The van der Waals surface area contributed by atoms with Crippen LogP contribution in [-0.2, 0) is 0 Å². The molecule has 6 nitrogen and oxygen atoms in total. The van der Waals surface area contributed by atoms with Crippen LogP contribution < -0.4 is 0 Å². The molecule has 0 fully saturated rings. The molecule has 0 spiro atoms. The number of imidazole rings is 1. The van der Waals surface area contributed by atoms with E-state index in [-0.39, 0.29) is 0 Å². The molecule has 2 aromatic carbocycles. The molecule has 3 heterocycles. The maximum absolute atomic E-state index is 6.05. The summed E-state index contributed by atoms with van der Waals surface area (Å²) >= 11 is 6.05. The van der Waals surface area contributed by atoms with Crippen LogP contribution in [0.4, 0.5) is 0 Å². The maximum atomic E-state index is 6.05. The van der Waals surface area contributed by atoms with Gasteiger partial charge in [-0.3, -0.25) is 0 Å². The number of benzene rings is 2. The van der Waals surface area contributed by atoms with Crippen molar-refractivity contribution in [1.82, 2.24) is 30.0 Å². The molecule has 0 radical (unpaired) electrons. The molecule has 0 saturated carbocycles. The van der Waals surface area contributed by atoms with Crippen LogP contribution >= 0.6 is 11.6 Å². The maximum Gasteiger partial charge on any atom is 0.190 e. The Hall–Kier alpha value is -2.99. The summed E-state index contributed by atoms with van der Waals surface area (Å²) in [6, 6.07) is 15.6. The van der Waals surface area contributed by atoms with E-state index >= 15 is 0 Å². The highest BCUT2D eigenvalue weighted by atomic mass is 35.5. The number of pyridine rings is 1. The fraction of sp³-hybridized carbons (Fsp3) is 0. The Morgan fingerprint density at radius 2 is 1.96 bits per heavy atom. The summed E-state index contributed by atoms with van der Waals surface area (Å²) in [5.41, 5.74) is 4.19. The highest BCUT2D eigenvalue weighted by Gasteiger charge is 2.14. The average Bonchev–Trinajstić information content (AvgIpc) is 3.20. The van der Waals surface area contributed by atoms with Crippen LogP contribution in [0.15, 0.2) is 48.5 Å².